The van der Waals surface area contributed by atoms with Crippen LogP contribution in [0.5, 0.6) is 28.7 Å². The fraction of sp³-hybridized carbons (Fsp3) is 0.576. The van der Waals surface area contributed by atoms with Crippen LogP contribution in [0.3, 0.4) is 0 Å². The molecule has 0 bridgehead atoms. The second-order valence-corrected chi connectivity index (χ2v) is 11.8. The van der Waals surface area contributed by atoms with Crippen LogP contribution in [0.4, 0.5) is 0 Å². The van der Waals surface area contributed by atoms with Gasteiger partial charge in [-0.05, 0) is 99.5 Å². The zero-order valence-corrected chi connectivity index (χ0v) is 26.7. The van der Waals surface area contributed by atoms with Gasteiger partial charge in [0.15, 0.2) is 23.0 Å². The van der Waals surface area contributed by atoms with Gasteiger partial charge in [0.1, 0.15) is 0 Å². The van der Waals surface area contributed by atoms with Crippen molar-refractivity contribution in [3.05, 3.63) is 41.0 Å². The number of amides is 1. The maximum absolute atomic E-state index is 13.3. The summed E-state index contributed by atoms with van der Waals surface area (Å²) in [7, 11) is 2.92. The summed E-state index contributed by atoms with van der Waals surface area (Å²) >= 11 is 0. The molecule has 0 spiro atoms. The lowest BCUT2D eigenvalue weighted by molar-refractivity contribution is -0.141. The molecule has 5 rings (SSSR count). The predicted molar refractivity (Wildman–Crippen MR) is 171 cm³/mol. The Labute approximate surface area is 269 Å². The van der Waals surface area contributed by atoms with Crippen molar-refractivity contribution in [2.75, 3.05) is 73.4 Å². The van der Waals surface area contributed by atoms with Crippen LogP contribution >= 0.6 is 0 Å². The average Bonchev–Trinajstić information content (AvgIpc) is 3.68. The van der Waals surface area contributed by atoms with Crippen LogP contribution < -0.4 is 45.9 Å². The highest BCUT2D eigenvalue weighted by Gasteiger charge is 2.53. The summed E-state index contributed by atoms with van der Waals surface area (Å²) < 4.78 is 27.9. The number of ether oxygens (including phenoxy) is 5. The average molecular weight is 642 g/mol. The van der Waals surface area contributed by atoms with Gasteiger partial charge in [0.05, 0.1) is 32.8 Å². The Hall–Kier alpha value is -3.78. The highest BCUT2D eigenvalue weighted by molar-refractivity contribution is 5.81. The van der Waals surface area contributed by atoms with Gasteiger partial charge in [-0.25, -0.2) is 0 Å². The van der Waals surface area contributed by atoms with Crippen LogP contribution in [0.2, 0.25) is 0 Å². The lowest BCUT2D eigenvalue weighted by atomic mass is 9.65. The molecule has 0 aromatic heterocycles. The summed E-state index contributed by atoms with van der Waals surface area (Å²) in [5.74, 6) is -0.378. The zero-order chi connectivity index (χ0) is 32.5. The topological polar surface area (TPSA) is 175 Å². The third kappa shape index (κ3) is 7.60. The Bertz CT molecular complexity index is 1330. The van der Waals surface area contributed by atoms with Gasteiger partial charge >= 0.3 is 5.97 Å². The first kappa shape index (κ1) is 33.6. The molecule has 2 aromatic carbocycles. The third-order valence-electron chi connectivity index (χ3n) is 8.87. The van der Waals surface area contributed by atoms with Crippen molar-refractivity contribution in [3.8, 4) is 28.7 Å². The first-order valence-corrected chi connectivity index (χ1v) is 16.1. The molecule has 13 nitrogen and oxygen atoms in total. The molecule has 2 heterocycles. The minimum absolute atomic E-state index is 0.0866. The molecule has 1 fully saturated rings. The zero-order valence-electron chi connectivity index (χ0n) is 26.7. The van der Waals surface area contributed by atoms with Gasteiger partial charge in [-0.15, -0.1) is 0 Å². The summed E-state index contributed by atoms with van der Waals surface area (Å²) in [5.41, 5.74) is 7.85. The SMILES string of the molecule is COc1cc(C2c3cc4c(cc3[C@@H](NC(=O)CCNCCCNCCCNCCCN)[C@H]3COC(=O)[C@H]23)OCO4)cc(OC)c1O. The fourth-order valence-electron chi connectivity index (χ4n) is 6.57. The second-order valence-electron chi connectivity index (χ2n) is 11.8. The van der Waals surface area contributed by atoms with Crippen molar-refractivity contribution in [2.24, 2.45) is 17.6 Å². The van der Waals surface area contributed by atoms with E-state index in [1.54, 1.807) is 12.1 Å². The van der Waals surface area contributed by atoms with Crippen molar-refractivity contribution < 1.29 is 38.4 Å². The number of methoxy groups -OCH3 is 2. The number of carbonyl (C=O) groups is 2. The number of hydrogen-bond acceptors (Lipinski definition) is 12. The quantitative estimate of drug-likeness (QED) is 0.102. The molecular formula is C33H47N5O8. The summed E-state index contributed by atoms with van der Waals surface area (Å²) in [4.78, 5) is 26.6. The molecule has 4 atom stereocenters. The second kappa shape index (κ2) is 16.2. The van der Waals surface area contributed by atoms with Crippen LogP contribution in [-0.4, -0.2) is 90.4 Å². The van der Waals surface area contributed by atoms with E-state index < -0.39 is 17.9 Å². The Morgan fingerprint density at radius 3 is 2.07 bits per heavy atom. The van der Waals surface area contributed by atoms with Gasteiger partial charge < -0.3 is 55.8 Å². The molecule has 2 aromatic rings. The lowest BCUT2D eigenvalue weighted by Gasteiger charge is -2.39. The van der Waals surface area contributed by atoms with Gasteiger partial charge in [0.25, 0.3) is 0 Å². The van der Waals surface area contributed by atoms with Crippen LogP contribution in [0.1, 0.15) is 54.3 Å². The molecule has 3 aliphatic rings. The molecule has 1 saturated heterocycles. The number of cyclic esters (lactones) is 1. The first-order valence-electron chi connectivity index (χ1n) is 16.1. The van der Waals surface area contributed by atoms with Crippen LogP contribution in [-0.2, 0) is 14.3 Å². The van der Waals surface area contributed by atoms with E-state index in [1.807, 2.05) is 12.1 Å². The van der Waals surface area contributed by atoms with Crippen molar-refractivity contribution in [1.82, 2.24) is 21.3 Å². The van der Waals surface area contributed by atoms with Gasteiger partial charge in [-0.1, -0.05) is 0 Å². The molecule has 1 amide bonds. The Morgan fingerprint density at radius 1 is 0.870 bits per heavy atom. The number of nitrogens with one attached hydrogen (secondary N) is 4. The van der Waals surface area contributed by atoms with Crippen molar-refractivity contribution >= 4 is 11.9 Å². The summed E-state index contributed by atoms with van der Waals surface area (Å²) in [6, 6.07) is 6.72. The monoisotopic (exact) mass is 641 g/mol. The van der Waals surface area contributed by atoms with E-state index in [2.05, 4.69) is 21.3 Å². The molecular weight excluding hydrogens is 594 g/mol. The van der Waals surface area contributed by atoms with Gasteiger partial charge in [0, 0.05) is 24.8 Å². The Balaban J connectivity index is 1.23. The van der Waals surface area contributed by atoms with Crippen LogP contribution in [0.15, 0.2) is 24.3 Å². The molecule has 0 radical (unpaired) electrons. The van der Waals surface area contributed by atoms with Crippen molar-refractivity contribution in [2.45, 2.75) is 37.6 Å². The number of benzene rings is 2. The maximum atomic E-state index is 13.3. The van der Waals surface area contributed by atoms with E-state index in [4.69, 9.17) is 29.4 Å². The minimum Gasteiger partial charge on any atom is -0.502 e. The van der Waals surface area contributed by atoms with E-state index in [1.165, 1.54) is 14.2 Å². The number of carbonyl (C=O) groups excluding carboxylic acids is 2. The lowest BCUT2D eigenvalue weighted by Crippen LogP contribution is -2.43. The third-order valence-corrected chi connectivity index (χ3v) is 8.87. The minimum atomic E-state index is -0.593. The van der Waals surface area contributed by atoms with Gasteiger partial charge in [-0.2, -0.15) is 0 Å². The van der Waals surface area contributed by atoms with E-state index in [0.717, 1.165) is 63.1 Å². The van der Waals surface area contributed by atoms with E-state index in [0.29, 0.717) is 36.6 Å². The highest BCUT2D eigenvalue weighted by Crippen LogP contribution is 2.55. The smallest absolute Gasteiger partial charge is 0.310 e. The molecule has 46 heavy (non-hydrogen) atoms. The largest absolute Gasteiger partial charge is 0.502 e. The van der Waals surface area contributed by atoms with Gasteiger partial charge in [-0.3, -0.25) is 9.59 Å². The summed E-state index contributed by atoms with van der Waals surface area (Å²) in [6.07, 6.45) is 3.32. The molecule has 252 valence electrons. The number of hydrogen-bond donors (Lipinski definition) is 6. The van der Waals surface area contributed by atoms with E-state index in [9.17, 15) is 14.7 Å². The highest BCUT2D eigenvalue weighted by atomic mass is 16.7. The van der Waals surface area contributed by atoms with Crippen LogP contribution in [0.25, 0.3) is 0 Å². The van der Waals surface area contributed by atoms with Gasteiger partial charge in [0.2, 0.25) is 18.4 Å². The van der Waals surface area contributed by atoms with E-state index >= 15 is 0 Å². The Kier molecular flexibility index (Phi) is 11.8. The number of rotatable bonds is 18. The van der Waals surface area contributed by atoms with Crippen LogP contribution in [0, 0.1) is 11.8 Å². The molecule has 7 N–H and O–H groups in total. The molecule has 2 aliphatic heterocycles. The summed E-state index contributed by atoms with van der Waals surface area (Å²) in [5, 5.41) is 23.9. The van der Waals surface area contributed by atoms with E-state index in [-0.39, 0.29) is 48.4 Å². The van der Waals surface area contributed by atoms with Crippen molar-refractivity contribution in [1.29, 1.82) is 0 Å². The number of aromatic hydroxyl groups is 1. The maximum Gasteiger partial charge on any atom is 0.310 e. The first-order chi connectivity index (χ1) is 22.5. The normalized spacial score (nSPS) is 21.0. The standard InChI is InChI=1S/C33H47N5O8/c1-42-26-14-20(15-27(43-2)32(26)40)29-21-16-24-25(46-19-45-24)17-22(21)31(23-18-44-33(41)30(23)29)38-28(39)6-13-37-12-5-11-36-10-4-9-35-8-3-7-34/h14-17,23,29-31,35-37,40H,3-13,18-19,34H2,1-2H3,(H,38,39)/t23-,29?,30-,31+/m0/s1. The molecule has 1 aliphatic carbocycles. The number of phenolic OH excluding ortho intramolecular Hbond substituents is 1. The molecule has 1 unspecified atom stereocenters. The number of fused-ring (bicyclic) bond motifs is 3. The molecule has 0 saturated carbocycles. The predicted octanol–water partition coefficient (Wildman–Crippen LogP) is 1.52. The molecule has 13 heteroatoms. The number of nitrogens with two attached hydrogens (primary N) is 1. The number of esters is 1. The fourth-order valence-corrected chi connectivity index (χ4v) is 6.57. The number of phenols is 1. The Morgan fingerprint density at radius 2 is 1.46 bits per heavy atom. The summed E-state index contributed by atoms with van der Waals surface area (Å²) in [6.45, 7) is 6.13. The van der Waals surface area contributed by atoms with Crippen molar-refractivity contribution in [3.63, 3.8) is 0 Å².